The fourth-order valence-corrected chi connectivity index (χ4v) is 5.53. The van der Waals surface area contributed by atoms with Gasteiger partial charge in [0.15, 0.2) is 0 Å². The Kier molecular flexibility index (Phi) is 8.67. The van der Waals surface area contributed by atoms with E-state index in [4.69, 9.17) is 13.9 Å². The third-order valence-corrected chi connectivity index (χ3v) is 7.96. The molecule has 0 spiro atoms. The summed E-state index contributed by atoms with van der Waals surface area (Å²) in [6.45, 7) is 7.14. The summed E-state index contributed by atoms with van der Waals surface area (Å²) in [6, 6.07) is 19.8. The predicted molar refractivity (Wildman–Crippen MR) is 170 cm³/mol. The zero-order valence-electron chi connectivity index (χ0n) is 26.0. The molecule has 2 atom stereocenters. The van der Waals surface area contributed by atoms with E-state index in [9.17, 15) is 14.4 Å². The number of nitrogens with one attached hydrogen (secondary N) is 1. The van der Waals surface area contributed by atoms with Crippen molar-refractivity contribution in [2.75, 3.05) is 19.1 Å². The van der Waals surface area contributed by atoms with E-state index in [1.165, 1.54) is 11.9 Å². The van der Waals surface area contributed by atoms with E-state index in [-0.39, 0.29) is 12.5 Å². The van der Waals surface area contributed by atoms with Crippen molar-refractivity contribution < 1.29 is 28.3 Å². The first-order valence-electron chi connectivity index (χ1n) is 14.8. The molecule has 44 heavy (non-hydrogen) atoms. The van der Waals surface area contributed by atoms with Gasteiger partial charge in [-0.15, -0.1) is 0 Å². The van der Waals surface area contributed by atoms with E-state index in [1.807, 2.05) is 66.7 Å². The Balaban J connectivity index is 1.48. The van der Waals surface area contributed by atoms with E-state index < -0.39 is 29.7 Å². The normalized spacial score (nSPS) is 15.7. The number of likely N-dealkylation sites (N-methyl/N-ethyl adjacent to an activating group) is 1. The van der Waals surface area contributed by atoms with Crippen LogP contribution in [0.1, 0.15) is 45.2 Å². The maximum Gasteiger partial charge on any atom is 0.410 e. The van der Waals surface area contributed by atoms with Crippen LogP contribution in [0.5, 0.6) is 5.75 Å². The Labute approximate surface area is 257 Å². The maximum absolute atomic E-state index is 14.3. The third kappa shape index (κ3) is 6.27. The number of benzene rings is 3. The lowest BCUT2D eigenvalue weighted by Crippen LogP contribution is -2.54. The van der Waals surface area contributed by atoms with Crippen LogP contribution in [-0.2, 0) is 27.3 Å². The average Bonchev–Trinajstić information content (AvgIpc) is 3.50. The summed E-state index contributed by atoms with van der Waals surface area (Å²) in [7, 11) is 3.13. The van der Waals surface area contributed by atoms with Gasteiger partial charge in [0.2, 0.25) is 11.8 Å². The number of hydrogen-bond acceptors (Lipinski definition) is 6. The molecule has 3 aromatic carbocycles. The second-order valence-electron chi connectivity index (χ2n) is 12.0. The van der Waals surface area contributed by atoms with Crippen molar-refractivity contribution in [1.29, 1.82) is 0 Å². The van der Waals surface area contributed by atoms with Gasteiger partial charge in [-0.05, 0) is 87.2 Å². The minimum Gasteiger partial charge on any atom is -0.496 e. The molecule has 9 heteroatoms. The van der Waals surface area contributed by atoms with Crippen molar-refractivity contribution in [3.8, 4) is 17.1 Å². The fourth-order valence-electron chi connectivity index (χ4n) is 5.53. The predicted octanol–water partition coefficient (Wildman–Crippen LogP) is 6.33. The summed E-state index contributed by atoms with van der Waals surface area (Å²) in [4.78, 5) is 43.3. The van der Waals surface area contributed by atoms with E-state index in [0.29, 0.717) is 18.6 Å². The standard InChI is InChI=1S/C35H39N3O6/c1-22(37(5)34(41)44-35(2,3)4)32(39)36-28-18-16-23-11-7-8-14-29(23)38(33(28)40)21-27-24-12-9-13-26(31-15-10-20-43-31)25(24)17-19-30(27)42-6/h7-15,17,19-20,22,28H,16,18,21H2,1-6H3,(H,36,39)/t22-,28-/m0/s1. The number of fused-ring (bicyclic) bond motifs is 2. The quantitative estimate of drug-likeness (QED) is 0.267. The van der Waals surface area contributed by atoms with Gasteiger partial charge in [-0.3, -0.25) is 14.5 Å². The first-order chi connectivity index (χ1) is 21.0. The molecule has 3 amide bonds. The Morgan fingerprint density at radius 3 is 2.52 bits per heavy atom. The molecule has 2 heterocycles. The number of rotatable bonds is 7. The largest absolute Gasteiger partial charge is 0.496 e. The Bertz CT molecular complexity index is 1670. The number of hydrogen-bond donors (Lipinski definition) is 1. The number of carbonyl (C=O) groups excluding carboxylic acids is 3. The summed E-state index contributed by atoms with van der Waals surface area (Å²) in [5.41, 5.74) is 2.87. The topological polar surface area (TPSA) is 101 Å². The number of nitrogens with zero attached hydrogens (tertiary/aromatic N) is 2. The van der Waals surface area contributed by atoms with Crippen LogP contribution in [-0.4, -0.2) is 54.6 Å². The molecule has 1 aliphatic rings. The smallest absolute Gasteiger partial charge is 0.410 e. The molecule has 230 valence electrons. The summed E-state index contributed by atoms with van der Waals surface area (Å²) >= 11 is 0. The highest BCUT2D eigenvalue weighted by Crippen LogP contribution is 2.37. The van der Waals surface area contributed by atoms with Crippen LogP contribution in [0.25, 0.3) is 22.1 Å². The second-order valence-corrected chi connectivity index (χ2v) is 12.0. The van der Waals surface area contributed by atoms with Crippen molar-refractivity contribution in [2.24, 2.45) is 0 Å². The summed E-state index contributed by atoms with van der Waals surface area (Å²) < 4.78 is 16.9. The number of carbonyl (C=O) groups is 3. The molecular weight excluding hydrogens is 558 g/mol. The minimum atomic E-state index is -0.852. The van der Waals surface area contributed by atoms with Gasteiger partial charge in [0, 0.05) is 23.9 Å². The molecule has 0 saturated carbocycles. The molecule has 1 N–H and O–H groups in total. The number of amides is 3. The van der Waals surface area contributed by atoms with Crippen LogP contribution >= 0.6 is 0 Å². The van der Waals surface area contributed by atoms with Crippen molar-refractivity contribution in [2.45, 2.75) is 64.8 Å². The molecule has 0 saturated heterocycles. The Morgan fingerprint density at radius 1 is 1.05 bits per heavy atom. The van der Waals surface area contributed by atoms with Crippen molar-refractivity contribution >= 4 is 34.4 Å². The van der Waals surface area contributed by atoms with Gasteiger partial charge in [0.25, 0.3) is 0 Å². The van der Waals surface area contributed by atoms with E-state index >= 15 is 0 Å². The molecule has 1 aromatic heterocycles. The molecule has 0 aliphatic carbocycles. The molecule has 0 radical (unpaired) electrons. The van der Waals surface area contributed by atoms with Crippen molar-refractivity contribution in [3.05, 3.63) is 84.1 Å². The number of furan rings is 1. The van der Waals surface area contributed by atoms with Crippen LogP contribution < -0.4 is 15.0 Å². The highest BCUT2D eigenvalue weighted by molar-refractivity contribution is 6.03. The summed E-state index contributed by atoms with van der Waals surface area (Å²) in [5.74, 6) is 0.720. The van der Waals surface area contributed by atoms with Crippen LogP contribution in [0, 0.1) is 0 Å². The Morgan fingerprint density at radius 2 is 1.82 bits per heavy atom. The van der Waals surface area contributed by atoms with Gasteiger partial charge in [-0.2, -0.15) is 0 Å². The van der Waals surface area contributed by atoms with Crippen LogP contribution in [0.4, 0.5) is 10.5 Å². The van der Waals surface area contributed by atoms with Crippen molar-refractivity contribution in [3.63, 3.8) is 0 Å². The zero-order valence-corrected chi connectivity index (χ0v) is 26.0. The molecule has 4 aromatic rings. The fraction of sp³-hybridized carbons (Fsp3) is 0.343. The molecule has 5 rings (SSSR count). The van der Waals surface area contributed by atoms with Crippen molar-refractivity contribution in [1.82, 2.24) is 10.2 Å². The second kappa shape index (κ2) is 12.4. The van der Waals surface area contributed by atoms with Gasteiger partial charge < -0.3 is 24.1 Å². The monoisotopic (exact) mass is 597 g/mol. The SMILES string of the molecule is COc1ccc2c(-c3ccco3)cccc2c1CN1C(=O)[C@@H](NC(=O)[C@H](C)N(C)C(=O)OC(C)(C)C)CCc2ccccc21. The number of aryl methyl sites for hydroxylation is 1. The number of para-hydroxylation sites is 1. The molecule has 9 nitrogen and oxygen atoms in total. The average molecular weight is 598 g/mol. The summed E-state index contributed by atoms with van der Waals surface area (Å²) in [6.07, 6.45) is 2.04. The molecule has 1 aliphatic heterocycles. The van der Waals surface area contributed by atoms with Crippen LogP contribution in [0.3, 0.4) is 0 Å². The van der Waals surface area contributed by atoms with Crippen LogP contribution in [0.2, 0.25) is 0 Å². The minimum absolute atomic E-state index is 0.220. The molecule has 0 unspecified atom stereocenters. The first kappa shape index (κ1) is 30.7. The molecule has 0 bridgehead atoms. The number of anilines is 1. The van der Waals surface area contributed by atoms with E-state index in [0.717, 1.165) is 38.9 Å². The number of ether oxygens (including phenoxy) is 2. The lowest BCUT2D eigenvalue weighted by molar-refractivity contribution is -0.130. The lowest BCUT2D eigenvalue weighted by Gasteiger charge is -2.30. The van der Waals surface area contributed by atoms with Gasteiger partial charge in [-0.1, -0.05) is 36.4 Å². The lowest BCUT2D eigenvalue weighted by atomic mass is 9.97. The van der Waals surface area contributed by atoms with E-state index in [2.05, 4.69) is 5.32 Å². The molecular formula is C35H39N3O6. The maximum atomic E-state index is 14.3. The van der Waals surface area contributed by atoms with Gasteiger partial charge >= 0.3 is 6.09 Å². The van der Waals surface area contributed by atoms with Crippen LogP contribution in [0.15, 0.2) is 77.4 Å². The Hall–Kier alpha value is -4.79. The van der Waals surface area contributed by atoms with Gasteiger partial charge in [-0.25, -0.2) is 4.79 Å². The van der Waals surface area contributed by atoms with Gasteiger partial charge in [0.1, 0.15) is 29.2 Å². The number of methoxy groups -OCH3 is 1. The highest BCUT2D eigenvalue weighted by Gasteiger charge is 2.35. The van der Waals surface area contributed by atoms with E-state index in [1.54, 1.807) is 46.0 Å². The first-order valence-corrected chi connectivity index (χ1v) is 14.8. The third-order valence-electron chi connectivity index (χ3n) is 7.96. The van der Waals surface area contributed by atoms with Gasteiger partial charge in [0.05, 0.1) is 19.9 Å². The molecule has 0 fully saturated rings. The summed E-state index contributed by atoms with van der Waals surface area (Å²) in [5, 5.41) is 4.83. The highest BCUT2D eigenvalue weighted by atomic mass is 16.6. The zero-order chi connectivity index (χ0) is 31.6.